The van der Waals surface area contributed by atoms with Crippen LogP contribution in [0.5, 0.6) is 5.75 Å². The number of hydrogen-bond acceptors (Lipinski definition) is 3. The number of aliphatic imine (C=N–C) groups is 1. The molecule has 1 aromatic carbocycles. The molecule has 24 heavy (non-hydrogen) atoms. The fraction of sp³-hybridized carbons (Fsp3) is 0.556. The molecule has 0 saturated heterocycles. The number of ether oxygens (including phenoxy) is 1. The number of aryl methyl sites for hydroxylation is 2. The minimum atomic E-state index is -0.0301. The van der Waals surface area contributed by atoms with E-state index in [-0.39, 0.29) is 11.9 Å². The monoisotopic (exact) mass is 334 g/mol. The van der Waals surface area contributed by atoms with E-state index in [4.69, 9.17) is 10.5 Å². The zero-order valence-electron chi connectivity index (χ0n) is 15.2. The molecule has 0 aliphatic rings. The smallest absolute Gasteiger partial charge is 0.220 e. The molecule has 0 aliphatic carbocycles. The van der Waals surface area contributed by atoms with Crippen LogP contribution < -0.4 is 21.1 Å². The predicted octanol–water partition coefficient (Wildman–Crippen LogP) is 1.89. The van der Waals surface area contributed by atoms with Gasteiger partial charge in [-0.2, -0.15) is 0 Å². The number of unbranched alkanes of at least 4 members (excludes halogenated alkanes) is 1. The third kappa shape index (κ3) is 7.35. The van der Waals surface area contributed by atoms with Crippen LogP contribution in [0, 0.1) is 13.8 Å². The quantitative estimate of drug-likeness (QED) is 0.365. The Morgan fingerprint density at radius 3 is 2.58 bits per heavy atom. The van der Waals surface area contributed by atoms with Crippen LogP contribution in [-0.4, -0.2) is 38.1 Å². The molecule has 0 saturated carbocycles. The summed E-state index contributed by atoms with van der Waals surface area (Å²) in [6.45, 7) is 7.18. The first-order valence-corrected chi connectivity index (χ1v) is 8.38. The van der Waals surface area contributed by atoms with Gasteiger partial charge in [0, 0.05) is 20.0 Å². The highest BCUT2D eigenvalue weighted by Crippen LogP contribution is 2.22. The highest BCUT2D eigenvalue weighted by Gasteiger charge is 2.10. The van der Waals surface area contributed by atoms with Crippen molar-refractivity contribution in [1.82, 2.24) is 10.6 Å². The molecule has 1 aromatic rings. The van der Waals surface area contributed by atoms with Gasteiger partial charge in [0.2, 0.25) is 5.91 Å². The van der Waals surface area contributed by atoms with Crippen LogP contribution in [0.4, 0.5) is 0 Å². The Morgan fingerprint density at radius 2 is 1.96 bits per heavy atom. The van der Waals surface area contributed by atoms with Gasteiger partial charge in [-0.15, -0.1) is 0 Å². The molecule has 1 rings (SSSR count). The Kier molecular flexibility index (Phi) is 8.68. The van der Waals surface area contributed by atoms with E-state index in [1.54, 1.807) is 7.05 Å². The summed E-state index contributed by atoms with van der Waals surface area (Å²) < 4.78 is 5.86. The lowest BCUT2D eigenvalue weighted by atomic mass is 10.1. The zero-order chi connectivity index (χ0) is 17.9. The number of para-hydroxylation sites is 1. The molecule has 1 amide bonds. The molecule has 0 radical (unpaired) electrons. The minimum absolute atomic E-state index is 0.0301. The van der Waals surface area contributed by atoms with Gasteiger partial charge in [0.15, 0.2) is 5.96 Å². The lowest BCUT2D eigenvalue weighted by Gasteiger charge is -2.17. The van der Waals surface area contributed by atoms with Gasteiger partial charge in [0.25, 0.3) is 0 Å². The fourth-order valence-electron chi connectivity index (χ4n) is 2.33. The Labute approximate surface area is 144 Å². The molecule has 0 heterocycles. The first-order chi connectivity index (χ1) is 11.4. The number of rotatable bonds is 9. The van der Waals surface area contributed by atoms with Gasteiger partial charge >= 0.3 is 0 Å². The van der Waals surface area contributed by atoms with Gasteiger partial charge in [-0.3, -0.25) is 9.79 Å². The number of benzene rings is 1. The van der Waals surface area contributed by atoms with Crippen molar-refractivity contribution >= 4 is 11.9 Å². The number of amides is 1. The number of nitrogens with zero attached hydrogens (tertiary/aromatic N) is 1. The third-order valence-electron chi connectivity index (χ3n) is 3.67. The number of nitrogens with two attached hydrogens (primary N) is 1. The molecule has 0 aromatic heterocycles. The zero-order valence-corrected chi connectivity index (χ0v) is 15.2. The van der Waals surface area contributed by atoms with Crippen LogP contribution in [-0.2, 0) is 4.79 Å². The van der Waals surface area contributed by atoms with E-state index in [1.165, 1.54) is 0 Å². The van der Waals surface area contributed by atoms with Crippen molar-refractivity contribution in [2.24, 2.45) is 10.7 Å². The molecule has 0 bridgehead atoms. The molecule has 1 atom stereocenters. The number of carbonyl (C=O) groups excluding carboxylic acids is 1. The second kappa shape index (κ2) is 10.5. The van der Waals surface area contributed by atoms with Gasteiger partial charge in [-0.25, -0.2) is 0 Å². The van der Waals surface area contributed by atoms with Crippen LogP contribution in [0.1, 0.15) is 37.3 Å². The van der Waals surface area contributed by atoms with Crippen molar-refractivity contribution < 1.29 is 9.53 Å². The largest absolute Gasteiger partial charge is 0.491 e. The summed E-state index contributed by atoms with van der Waals surface area (Å²) in [7, 11) is 1.64. The maximum Gasteiger partial charge on any atom is 0.220 e. The maximum absolute atomic E-state index is 11.9. The molecular weight excluding hydrogens is 304 g/mol. The summed E-state index contributed by atoms with van der Waals surface area (Å²) >= 11 is 0. The van der Waals surface area contributed by atoms with Gasteiger partial charge in [0.05, 0.1) is 6.04 Å². The Hall–Kier alpha value is -2.24. The van der Waals surface area contributed by atoms with Gasteiger partial charge < -0.3 is 21.1 Å². The van der Waals surface area contributed by atoms with E-state index >= 15 is 0 Å². The molecule has 6 heteroatoms. The lowest BCUT2D eigenvalue weighted by Crippen LogP contribution is -2.37. The second-order valence-corrected chi connectivity index (χ2v) is 5.99. The van der Waals surface area contributed by atoms with Crippen molar-refractivity contribution in [3.05, 3.63) is 29.3 Å². The molecule has 0 fully saturated rings. The summed E-state index contributed by atoms with van der Waals surface area (Å²) in [5.74, 6) is 1.38. The Balaban J connectivity index is 2.22. The number of carbonyl (C=O) groups is 1. The van der Waals surface area contributed by atoms with Gasteiger partial charge in [0.1, 0.15) is 12.4 Å². The summed E-state index contributed by atoms with van der Waals surface area (Å²) in [6, 6.07) is 6.03. The van der Waals surface area contributed by atoms with Crippen molar-refractivity contribution in [2.45, 2.75) is 46.1 Å². The highest BCUT2D eigenvalue weighted by molar-refractivity contribution is 5.77. The molecule has 134 valence electrons. The summed E-state index contributed by atoms with van der Waals surface area (Å²) in [4.78, 5) is 15.7. The molecule has 0 spiro atoms. The number of hydrogen-bond donors (Lipinski definition) is 3. The average molecular weight is 334 g/mol. The summed E-state index contributed by atoms with van der Waals surface area (Å²) in [5.41, 5.74) is 7.74. The SMILES string of the molecule is CN=C(N)NCCCCC(=O)NC(C)COc1c(C)cccc1C. The van der Waals surface area contributed by atoms with Crippen LogP contribution in [0.25, 0.3) is 0 Å². The van der Waals surface area contributed by atoms with Crippen molar-refractivity contribution in [2.75, 3.05) is 20.2 Å². The number of guanidine groups is 1. The minimum Gasteiger partial charge on any atom is -0.491 e. The van der Waals surface area contributed by atoms with E-state index < -0.39 is 0 Å². The van der Waals surface area contributed by atoms with Crippen LogP contribution in [0.3, 0.4) is 0 Å². The van der Waals surface area contributed by atoms with Crippen LogP contribution in [0.2, 0.25) is 0 Å². The van der Waals surface area contributed by atoms with E-state index in [0.29, 0.717) is 19.0 Å². The van der Waals surface area contributed by atoms with E-state index in [1.807, 2.05) is 39.0 Å². The van der Waals surface area contributed by atoms with Gasteiger partial charge in [-0.05, 0) is 44.7 Å². The topological polar surface area (TPSA) is 88.7 Å². The first kappa shape index (κ1) is 19.8. The summed E-state index contributed by atoms with van der Waals surface area (Å²) in [5, 5.41) is 5.94. The molecule has 0 aliphatic heterocycles. The van der Waals surface area contributed by atoms with Crippen molar-refractivity contribution in [3.63, 3.8) is 0 Å². The second-order valence-electron chi connectivity index (χ2n) is 5.99. The van der Waals surface area contributed by atoms with Crippen LogP contribution >= 0.6 is 0 Å². The molecular formula is C18H30N4O2. The first-order valence-electron chi connectivity index (χ1n) is 8.38. The van der Waals surface area contributed by atoms with Crippen molar-refractivity contribution in [1.29, 1.82) is 0 Å². The highest BCUT2D eigenvalue weighted by atomic mass is 16.5. The molecule has 1 unspecified atom stereocenters. The van der Waals surface area contributed by atoms with Crippen molar-refractivity contribution in [3.8, 4) is 5.75 Å². The lowest BCUT2D eigenvalue weighted by molar-refractivity contribution is -0.122. The normalized spacial score (nSPS) is 12.6. The third-order valence-corrected chi connectivity index (χ3v) is 3.67. The standard InChI is InChI=1S/C18H30N4O2/c1-13-8-7-9-14(2)17(13)24-12-15(3)22-16(23)10-5-6-11-21-18(19)20-4/h7-9,15H,5-6,10-12H2,1-4H3,(H,22,23)(H3,19,20,21). The Morgan fingerprint density at radius 1 is 1.29 bits per heavy atom. The fourth-order valence-corrected chi connectivity index (χ4v) is 2.33. The van der Waals surface area contributed by atoms with Crippen LogP contribution in [0.15, 0.2) is 23.2 Å². The number of nitrogens with one attached hydrogen (secondary N) is 2. The molecule has 4 N–H and O–H groups in total. The predicted molar refractivity (Wildman–Crippen MR) is 98.4 cm³/mol. The van der Waals surface area contributed by atoms with E-state index in [9.17, 15) is 4.79 Å². The van der Waals surface area contributed by atoms with Gasteiger partial charge in [-0.1, -0.05) is 18.2 Å². The molecule has 6 nitrogen and oxygen atoms in total. The average Bonchev–Trinajstić information content (AvgIpc) is 2.53. The van der Waals surface area contributed by atoms with E-state index in [2.05, 4.69) is 15.6 Å². The summed E-state index contributed by atoms with van der Waals surface area (Å²) in [6.07, 6.45) is 2.18. The maximum atomic E-state index is 11.9. The van der Waals surface area contributed by atoms with E-state index in [0.717, 1.165) is 36.3 Å². The Bertz CT molecular complexity index is 538.